The Bertz CT molecular complexity index is 230. The Hall–Kier alpha value is -1.43. The summed E-state index contributed by atoms with van der Waals surface area (Å²) in [5.41, 5.74) is -0.458. The molecule has 0 aliphatic heterocycles. The molecule has 0 unspecified atom stereocenters. The van der Waals surface area contributed by atoms with Gasteiger partial charge in [-0.3, -0.25) is 0 Å². The summed E-state index contributed by atoms with van der Waals surface area (Å²) in [5, 5.41) is 2.53. The number of hydrogen-bond acceptors (Lipinski definition) is 2. The minimum Gasteiger partial charge on any atom is -0.444 e. The summed E-state index contributed by atoms with van der Waals surface area (Å²) in [6.07, 6.45) is 7.73. The van der Waals surface area contributed by atoms with E-state index in [-0.39, 0.29) is 0 Å². The number of carbonyl (C=O) groups is 1. The molecule has 0 aromatic heterocycles. The average Bonchev–Trinajstić information content (AvgIpc) is 1.94. The number of amides is 1. The fourth-order valence-electron chi connectivity index (χ4n) is 0.583. The summed E-state index contributed by atoms with van der Waals surface area (Å²) in [6, 6.07) is 0. The molecule has 0 saturated carbocycles. The van der Waals surface area contributed by atoms with Crippen LogP contribution in [0.25, 0.3) is 0 Å². The van der Waals surface area contributed by atoms with Crippen molar-refractivity contribution < 1.29 is 9.53 Å². The molecule has 0 bridgehead atoms. The molecule has 0 aromatic carbocycles. The molecule has 0 saturated heterocycles. The number of allylic oxidation sites excluding steroid dienone is 1. The Kier molecular flexibility index (Phi) is 4.68. The van der Waals surface area contributed by atoms with Crippen LogP contribution in [0.2, 0.25) is 0 Å². The first-order chi connectivity index (χ1) is 5.95. The van der Waals surface area contributed by atoms with Crippen LogP contribution in [0.1, 0.15) is 20.8 Å². The van der Waals surface area contributed by atoms with Crippen LogP contribution in [-0.4, -0.2) is 18.2 Å². The van der Waals surface area contributed by atoms with E-state index in [2.05, 4.69) is 11.2 Å². The smallest absolute Gasteiger partial charge is 0.407 e. The molecular weight excluding hydrogens is 166 g/mol. The summed E-state index contributed by atoms with van der Waals surface area (Å²) < 4.78 is 4.98. The maximum atomic E-state index is 11.0. The van der Waals surface area contributed by atoms with Crippen LogP contribution in [0.15, 0.2) is 12.2 Å². The predicted octanol–water partition coefficient (Wildman–Crippen LogP) is 1.70. The van der Waals surface area contributed by atoms with Crippen LogP contribution in [0.4, 0.5) is 4.79 Å². The topological polar surface area (TPSA) is 38.3 Å². The van der Waals surface area contributed by atoms with Crippen LogP contribution in [-0.2, 0) is 4.74 Å². The van der Waals surface area contributed by atoms with Crippen molar-refractivity contribution in [3.63, 3.8) is 0 Å². The van der Waals surface area contributed by atoms with Crippen LogP contribution in [0.3, 0.4) is 0 Å². The highest BCUT2D eigenvalue weighted by Gasteiger charge is 2.14. The molecular formula is C10H15NO2. The number of hydrogen-bond donors (Lipinski definition) is 1. The molecule has 3 nitrogen and oxygen atoms in total. The standard InChI is InChI=1S/C10H15NO2/c1-5-6-7-8-11-9(12)13-10(2,3)4/h1,6-7H,8H2,2-4H3,(H,11,12). The molecule has 0 rings (SSSR count). The van der Waals surface area contributed by atoms with E-state index < -0.39 is 11.7 Å². The molecule has 0 aromatic rings. The molecule has 13 heavy (non-hydrogen) atoms. The number of ether oxygens (including phenoxy) is 1. The van der Waals surface area contributed by atoms with E-state index in [9.17, 15) is 4.79 Å². The lowest BCUT2D eigenvalue weighted by Crippen LogP contribution is -2.32. The normalized spacial score (nSPS) is 10.9. The molecule has 0 spiro atoms. The lowest BCUT2D eigenvalue weighted by Gasteiger charge is -2.19. The third-order valence-corrected chi connectivity index (χ3v) is 0.977. The van der Waals surface area contributed by atoms with E-state index in [1.807, 2.05) is 20.8 Å². The number of rotatable bonds is 2. The molecule has 0 aliphatic rings. The van der Waals surface area contributed by atoms with Crippen molar-refractivity contribution in [2.75, 3.05) is 6.54 Å². The van der Waals surface area contributed by atoms with Crippen LogP contribution in [0, 0.1) is 12.3 Å². The Morgan fingerprint density at radius 1 is 1.62 bits per heavy atom. The van der Waals surface area contributed by atoms with Gasteiger partial charge in [0, 0.05) is 6.54 Å². The Balaban J connectivity index is 3.66. The summed E-state index contributed by atoms with van der Waals surface area (Å²) >= 11 is 0. The zero-order chi connectivity index (χ0) is 10.3. The first kappa shape index (κ1) is 11.6. The zero-order valence-corrected chi connectivity index (χ0v) is 8.26. The van der Waals surface area contributed by atoms with Crippen molar-refractivity contribution in [1.29, 1.82) is 0 Å². The Labute approximate surface area is 79.2 Å². The lowest BCUT2D eigenvalue weighted by atomic mass is 10.2. The van der Waals surface area contributed by atoms with Crippen LogP contribution >= 0.6 is 0 Å². The lowest BCUT2D eigenvalue weighted by molar-refractivity contribution is 0.0534. The number of alkyl carbamates (subject to hydrolysis) is 1. The highest BCUT2D eigenvalue weighted by Crippen LogP contribution is 2.05. The Morgan fingerprint density at radius 2 is 2.23 bits per heavy atom. The highest BCUT2D eigenvalue weighted by atomic mass is 16.6. The van der Waals surface area contributed by atoms with Gasteiger partial charge in [-0.05, 0) is 26.8 Å². The number of terminal acetylenes is 1. The quantitative estimate of drug-likeness (QED) is 0.658. The Morgan fingerprint density at radius 3 is 2.69 bits per heavy atom. The van der Waals surface area contributed by atoms with Gasteiger partial charge in [-0.2, -0.15) is 0 Å². The second-order valence-corrected chi connectivity index (χ2v) is 3.45. The summed E-state index contributed by atoms with van der Waals surface area (Å²) in [6.45, 7) is 5.82. The van der Waals surface area contributed by atoms with Gasteiger partial charge in [0.15, 0.2) is 0 Å². The van der Waals surface area contributed by atoms with Gasteiger partial charge in [-0.15, -0.1) is 6.42 Å². The van der Waals surface area contributed by atoms with Gasteiger partial charge in [0.2, 0.25) is 0 Å². The molecule has 0 radical (unpaired) electrons. The van der Waals surface area contributed by atoms with Crippen molar-refractivity contribution in [3.05, 3.63) is 12.2 Å². The van der Waals surface area contributed by atoms with Crippen LogP contribution < -0.4 is 5.32 Å². The molecule has 1 amide bonds. The minimum atomic E-state index is -0.458. The van der Waals surface area contributed by atoms with Gasteiger partial charge < -0.3 is 10.1 Å². The van der Waals surface area contributed by atoms with Crippen molar-refractivity contribution in [2.24, 2.45) is 0 Å². The molecule has 0 atom stereocenters. The van der Waals surface area contributed by atoms with E-state index in [0.29, 0.717) is 6.54 Å². The van der Waals surface area contributed by atoms with Crippen molar-refractivity contribution in [1.82, 2.24) is 5.32 Å². The molecule has 72 valence electrons. The first-order valence-electron chi connectivity index (χ1n) is 4.03. The number of carbonyl (C=O) groups excluding carboxylic acids is 1. The van der Waals surface area contributed by atoms with E-state index in [4.69, 9.17) is 11.2 Å². The molecule has 0 aliphatic carbocycles. The minimum absolute atomic E-state index is 0.388. The highest BCUT2D eigenvalue weighted by molar-refractivity contribution is 5.67. The maximum Gasteiger partial charge on any atom is 0.407 e. The maximum absolute atomic E-state index is 11.0. The third-order valence-electron chi connectivity index (χ3n) is 0.977. The second-order valence-electron chi connectivity index (χ2n) is 3.45. The second kappa shape index (κ2) is 5.26. The molecule has 3 heteroatoms. The van der Waals surface area contributed by atoms with E-state index in [0.717, 1.165) is 0 Å². The predicted molar refractivity (Wildman–Crippen MR) is 52.2 cm³/mol. The number of nitrogens with one attached hydrogen (secondary N) is 1. The third kappa shape index (κ3) is 8.48. The van der Waals surface area contributed by atoms with E-state index in [1.165, 1.54) is 6.08 Å². The van der Waals surface area contributed by atoms with E-state index in [1.54, 1.807) is 6.08 Å². The van der Waals surface area contributed by atoms with Crippen molar-refractivity contribution in [3.8, 4) is 12.3 Å². The molecule has 0 heterocycles. The van der Waals surface area contributed by atoms with E-state index >= 15 is 0 Å². The van der Waals surface area contributed by atoms with Gasteiger partial charge in [0.05, 0.1) is 0 Å². The summed E-state index contributed by atoms with van der Waals surface area (Å²) in [4.78, 5) is 11.0. The summed E-state index contributed by atoms with van der Waals surface area (Å²) in [5.74, 6) is 2.32. The monoisotopic (exact) mass is 181 g/mol. The largest absolute Gasteiger partial charge is 0.444 e. The summed E-state index contributed by atoms with van der Waals surface area (Å²) in [7, 11) is 0. The first-order valence-corrected chi connectivity index (χ1v) is 4.03. The molecule has 0 fully saturated rings. The average molecular weight is 181 g/mol. The van der Waals surface area contributed by atoms with Crippen LogP contribution in [0.5, 0.6) is 0 Å². The van der Waals surface area contributed by atoms with Gasteiger partial charge in [-0.25, -0.2) is 4.79 Å². The van der Waals surface area contributed by atoms with Crippen molar-refractivity contribution in [2.45, 2.75) is 26.4 Å². The van der Waals surface area contributed by atoms with Gasteiger partial charge in [0.1, 0.15) is 5.60 Å². The fraction of sp³-hybridized carbons (Fsp3) is 0.500. The van der Waals surface area contributed by atoms with Gasteiger partial charge in [0.25, 0.3) is 0 Å². The molecule has 1 N–H and O–H groups in total. The van der Waals surface area contributed by atoms with Crippen molar-refractivity contribution >= 4 is 6.09 Å². The van der Waals surface area contributed by atoms with Gasteiger partial charge in [-0.1, -0.05) is 12.0 Å². The SMILES string of the molecule is C#CC=CCNC(=O)OC(C)(C)C. The fourth-order valence-corrected chi connectivity index (χ4v) is 0.583. The van der Waals surface area contributed by atoms with Gasteiger partial charge >= 0.3 is 6.09 Å². The zero-order valence-electron chi connectivity index (χ0n) is 8.26.